The minimum absolute atomic E-state index is 0.00339. The van der Waals surface area contributed by atoms with E-state index in [1.54, 1.807) is 7.11 Å². The van der Waals surface area contributed by atoms with Crippen molar-refractivity contribution >= 4 is 21.5 Å². The topological polar surface area (TPSA) is 95.7 Å². The summed E-state index contributed by atoms with van der Waals surface area (Å²) in [6, 6.07) is 3.94. The van der Waals surface area contributed by atoms with E-state index in [4.69, 9.17) is 15.2 Å². The first-order chi connectivity index (χ1) is 8.84. The lowest BCUT2D eigenvalue weighted by Gasteiger charge is -2.07. The molecule has 0 radical (unpaired) electrons. The van der Waals surface area contributed by atoms with Crippen LogP contribution in [0.15, 0.2) is 23.1 Å². The number of carbonyl (C=O) groups excluding carboxylic acids is 1. The number of hydrogen-bond acceptors (Lipinski definition) is 6. The number of sulfone groups is 1. The molecule has 6 nitrogen and oxygen atoms in total. The van der Waals surface area contributed by atoms with Crippen LogP contribution < -0.4 is 5.73 Å². The number of ether oxygens (including phenoxy) is 2. The SMILES string of the molecule is COCCCOC(=O)c1cc(N)cc(S(C)(=O)=O)c1. The predicted octanol–water partition coefficient (Wildman–Crippen LogP) is 0.866. The number of rotatable bonds is 6. The van der Waals surface area contributed by atoms with Gasteiger partial charge in [0, 0.05) is 32.1 Å². The van der Waals surface area contributed by atoms with Crippen molar-refractivity contribution in [2.75, 3.05) is 32.3 Å². The molecule has 0 saturated heterocycles. The van der Waals surface area contributed by atoms with Gasteiger partial charge in [-0.05, 0) is 18.2 Å². The molecule has 0 unspecified atom stereocenters. The van der Waals surface area contributed by atoms with Crippen molar-refractivity contribution < 1.29 is 22.7 Å². The van der Waals surface area contributed by atoms with E-state index in [2.05, 4.69) is 0 Å². The van der Waals surface area contributed by atoms with Crippen molar-refractivity contribution in [3.63, 3.8) is 0 Å². The van der Waals surface area contributed by atoms with Gasteiger partial charge in [-0.15, -0.1) is 0 Å². The molecule has 7 heteroatoms. The predicted molar refractivity (Wildman–Crippen MR) is 70.7 cm³/mol. The minimum atomic E-state index is -3.42. The summed E-state index contributed by atoms with van der Waals surface area (Å²) in [6.07, 6.45) is 1.62. The van der Waals surface area contributed by atoms with E-state index in [0.29, 0.717) is 13.0 Å². The molecule has 0 aliphatic carbocycles. The van der Waals surface area contributed by atoms with Gasteiger partial charge in [-0.25, -0.2) is 13.2 Å². The molecule has 0 aliphatic rings. The van der Waals surface area contributed by atoms with Crippen molar-refractivity contribution in [1.82, 2.24) is 0 Å². The molecular weight excluding hydrogens is 270 g/mol. The van der Waals surface area contributed by atoms with Crippen molar-refractivity contribution in [2.45, 2.75) is 11.3 Å². The van der Waals surface area contributed by atoms with Gasteiger partial charge in [0.05, 0.1) is 17.1 Å². The third-order valence-electron chi connectivity index (χ3n) is 2.32. The van der Waals surface area contributed by atoms with Gasteiger partial charge in [0.1, 0.15) is 0 Å². The standard InChI is InChI=1S/C12H17NO5S/c1-17-4-3-5-18-12(14)9-6-10(13)8-11(7-9)19(2,15)16/h6-8H,3-5,13H2,1-2H3. The van der Waals surface area contributed by atoms with Crippen LogP contribution in [-0.2, 0) is 19.3 Å². The number of carbonyl (C=O) groups is 1. The van der Waals surface area contributed by atoms with Gasteiger partial charge in [-0.3, -0.25) is 0 Å². The molecule has 2 N–H and O–H groups in total. The Morgan fingerprint density at radius 2 is 1.95 bits per heavy atom. The van der Waals surface area contributed by atoms with Crippen molar-refractivity contribution in [2.24, 2.45) is 0 Å². The fourth-order valence-electron chi connectivity index (χ4n) is 1.41. The molecule has 0 aromatic heterocycles. The van der Waals surface area contributed by atoms with Gasteiger partial charge in [0.2, 0.25) is 0 Å². The Kier molecular flexibility index (Phi) is 5.31. The first-order valence-corrected chi connectivity index (χ1v) is 7.50. The molecule has 106 valence electrons. The van der Waals surface area contributed by atoms with E-state index in [1.165, 1.54) is 18.2 Å². The summed E-state index contributed by atoms with van der Waals surface area (Å²) in [4.78, 5) is 11.7. The van der Waals surface area contributed by atoms with E-state index in [9.17, 15) is 13.2 Å². The van der Waals surface area contributed by atoms with Crippen LogP contribution >= 0.6 is 0 Å². The van der Waals surface area contributed by atoms with Crippen LogP contribution in [0.25, 0.3) is 0 Å². The Morgan fingerprint density at radius 1 is 1.26 bits per heavy atom. The highest BCUT2D eigenvalue weighted by molar-refractivity contribution is 7.90. The molecule has 0 aliphatic heterocycles. The number of esters is 1. The Balaban J connectivity index is 2.83. The lowest BCUT2D eigenvalue weighted by Crippen LogP contribution is -2.10. The molecule has 0 fully saturated rings. The highest BCUT2D eigenvalue weighted by Gasteiger charge is 2.14. The molecule has 1 aromatic carbocycles. The molecule has 19 heavy (non-hydrogen) atoms. The van der Waals surface area contributed by atoms with Crippen LogP contribution in [0, 0.1) is 0 Å². The quantitative estimate of drug-likeness (QED) is 0.474. The van der Waals surface area contributed by atoms with E-state index < -0.39 is 15.8 Å². The summed E-state index contributed by atoms with van der Waals surface area (Å²) in [5.41, 5.74) is 5.90. The van der Waals surface area contributed by atoms with Crippen molar-refractivity contribution in [3.8, 4) is 0 Å². The maximum Gasteiger partial charge on any atom is 0.338 e. The second-order valence-electron chi connectivity index (χ2n) is 4.05. The number of nitrogen functional groups attached to an aromatic ring is 1. The monoisotopic (exact) mass is 287 g/mol. The van der Waals surface area contributed by atoms with Crippen LogP contribution in [0.3, 0.4) is 0 Å². The van der Waals surface area contributed by atoms with Gasteiger partial charge in [-0.1, -0.05) is 0 Å². The first-order valence-electron chi connectivity index (χ1n) is 5.61. The summed E-state index contributed by atoms with van der Waals surface area (Å²) in [5.74, 6) is -0.603. The molecule has 0 heterocycles. The molecule has 0 spiro atoms. The van der Waals surface area contributed by atoms with Crippen molar-refractivity contribution in [3.05, 3.63) is 23.8 Å². The zero-order valence-electron chi connectivity index (χ0n) is 10.9. The van der Waals surface area contributed by atoms with E-state index in [-0.39, 0.29) is 22.8 Å². The summed E-state index contributed by atoms with van der Waals surface area (Å²) < 4.78 is 32.7. The summed E-state index contributed by atoms with van der Waals surface area (Å²) >= 11 is 0. The average Bonchev–Trinajstić information content (AvgIpc) is 2.32. The Labute approximate surface area is 112 Å². The third-order valence-corrected chi connectivity index (χ3v) is 3.41. The van der Waals surface area contributed by atoms with Crippen LogP contribution in [0.2, 0.25) is 0 Å². The number of anilines is 1. The zero-order valence-corrected chi connectivity index (χ0v) is 11.7. The maximum atomic E-state index is 11.7. The van der Waals surface area contributed by atoms with Gasteiger partial charge in [-0.2, -0.15) is 0 Å². The smallest absolute Gasteiger partial charge is 0.338 e. The Hall–Kier alpha value is -1.60. The van der Waals surface area contributed by atoms with Gasteiger partial charge in [0.25, 0.3) is 0 Å². The molecule has 0 saturated carbocycles. The second-order valence-corrected chi connectivity index (χ2v) is 6.06. The lowest BCUT2D eigenvalue weighted by molar-refractivity contribution is 0.0468. The number of hydrogen-bond donors (Lipinski definition) is 1. The summed E-state index contributed by atoms with van der Waals surface area (Å²) in [5, 5.41) is 0. The van der Waals surface area contributed by atoms with E-state index in [0.717, 1.165) is 6.26 Å². The molecule has 1 aromatic rings. The molecule has 0 atom stereocenters. The largest absolute Gasteiger partial charge is 0.462 e. The number of nitrogens with two attached hydrogens (primary N) is 1. The highest BCUT2D eigenvalue weighted by atomic mass is 32.2. The minimum Gasteiger partial charge on any atom is -0.462 e. The van der Waals surface area contributed by atoms with Crippen LogP contribution in [0.1, 0.15) is 16.8 Å². The molecule has 1 rings (SSSR count). The van der Waals surface area contributed by atoms with Crippen LogP contribution in [0.4, 0.5) is 5.69 Å². The van der Waals surface area contributed by atoms with Crippen LogP contribution in [-0.4, -0.2) is 41.0 Å². The van der Waals surface area contributed by atoms with E-state index in [1.807, 2.05) is 0 Å². The zero-order chi connectivity index (χ0) is 14.5. The summed E-state index contributed by atoms with van der Waals surface area (Å²) in [7, 11) is -1.86. The van der Waals surface area contributed by atoms with Gasteiger partial charge < -0.3 is 15.2 Å². The fraction of sp³-hybridized carbons (Fsp3) is 0.417. The Morgan fingerprint density at radius 3 is 2.53 bits per heavy atom. The maximum absolute atomic E-state index is 11.7. The fourth-order valence-corrected chi connectivity index (χ4v) is 2.10. The van der Waals surface area contributed by atoms with Crippen LogP contribution in [0.5, 0.6) is 0 Å². The number of methoxy groups -OCH3 is 1. The van der Waals surface area contributed by atoms with E-state index >= 15 is 0 Å². The normalized spacial score (nSPS) is 11.3. The highest BCUT2D eigenvalue weighted by Crippen LogP contribution is 2.17. The first kappa shape index (κ1) is 15.5. The summed E-state index contributed by atoms with van der Waals surface area (Å²) in [6.45, 7) is 0.689. The molecular formula is C12H17NO5S. The number of benzene rings is 1. The Bertz CT molecular complexity index is 553. The molecule has 0 amide bonds. The van der Waals surface area contributed by atoms with Crippen molar-refractivity contribution in [1.29, 1.82) is 0 Å². The average molecular weight is 287 g/mol. The molecule has 0 bridgehead atoms. The third kappa shape index (κ3) is 4.88. The lowest BCUT2D eigenvalue weighted by atomic mass is 10.2. The second kappa shape index (κ2) is 6.53. The van der Waals surface area contributed by atoms with Gasteiger partial charge in [0.15, 0.2) is 9.84 Å². The van der Waals surface area contributed by atoms with Gasteiger partial charge >= 0.3 is 5.97 Å².